The molecule has 1 amide bonds. The van der Waals surface area contributed by atoms with Gasteiger partial charge in [0, 0.05) is 0 Å². The Labute approximate surface area is 238 Å². The lowest BCUT2D eigenvalue weighted by molar-refractivity contribution is -0.227. The summed E-state index contributed by atoms with van der Waals surface area (Å²) in [5.41, 5.74) is 1.61. The van der Waals surface area contributed by atoms with Crippen molar-refractivity contribution < 1.29 is 45.1 Å². The van der Waals surface area contributed by atoms with Gasteiger partial charge in [0.15, 0.2) is 0 Å². The number of aromatic amines is 1. The van der Waals surface area contributed by atoms with Gasteiger partial charge >= 0.3 is 12.1 Å². The molecule has 0 saturated carbocycles. The number of hydrogen-bond acceptors (Lipinski definition) is 8. The van der Waals surface area contributed by atoms with Gasteiger partial charge in [-0.1, -0.05) is 54.6 Å². The lowest BCUT2D eigenvalue weighted by Gasteiger charge is -2.33. The molecular formula is C26H23F3N4O7S2. The van der Waals surface area contributed by atoms with Gasteiger partial charge in [-0.15, -0.1) is 10.8 Å². The number of rotatable bonds is 8. The van der Waals surface area contributed by atoms with Crippen LogP contribution in [0.1, 0.15) is 34.7 Å². The van der Waals surface area contributed by atoms with E-state index in [1.165, 1.54) is 42.5 Å². The van der Waals surface area contributed by atoms with Crippen molar-refractivity contribution in [2.24, 2.45) is 0 Å². The fourth-order valence-electron chi connectivity index (χ4n) is 4.48. The fraction of sp³-hybridized carbons (Fsp3) is 0.192. The van der Waals surface area contributed by atoms with E-state index in [2.05, 4.69) is 19.5 Å². The summed E-state index contributed by atoms with van der Waals surface area (Å²) >= 11 is 0. The minimum atomic E-state index is -5.51. The summed E-state index contributed by atoms with van der Waals surface area (Å²) in [5, 5.41) is -0.923. The summed E-state index contributed by atoms with van der Waals surface area (Å²) in [4.78, 5) is 35.2. The molecule has 0 radical (unpaired) electrons. The molecule has 42 heavy (non-hydrogen) atoms. The molecule has 0 spiro atoms. The highest BCUT2D eigenvalue weighted by molar-refractivity contribution is 8.23. The van der Waals surface area contributed by atoms with Gasteiger partial charge in [-0.3, -0.25) is 18.6 Å². The molecular weight excluding hydrogens is 601 g/mol. The van der Waals surface area contributed by atoms with E-state index in [1.54, 1.807) is 24.3 Å². The molecule has 1 aliphatic rings. The zero-order valence-corrected chi connectivity index (χ0v) is 23.0. The Balaban J connectivity index is 1.59. The number of halogens is 3. The summed E-state index contributed by atoms with van der Waals surface area (Å²) < 4.78 is 90.0. The van der Waals surface area contributed by atoms with Gasteiger partial charge in [-0.25, -0.2) is 18.2 Å². The molecule has 1 aliphatic heterocycles. The quantitative estimate of drug-likeness (QED) is 0.204. The maximum atomic E-state index is 13.7. The Bertz CT molecular complexity index is 1700. The molecule has 5 rings (SSSR count). The fourth-order valence-corrected chi connectivity index (χ4v) is 7.34. The Morgan fingerprint density at radius 2 is 1.69 bits per heavy atom. The van der Waals surface area contributed by atoms with Crippen LogP contribution in [-0.2, 0) is 30.9 Å². The smallest absolute Gasteiger partial charge is 0.344 e. The van der Waals surface area contributed by atoms with Crippen molar-refractivity contribution in [3.05, 3.63) is 95.8 Å². The van der Waals surface area contributed by atoms with Crippen molar-refractivity contribution >= 4 is 43.7 Å². The Hall–Kier alpha value is -3.96. The van der Waals surface area contributed by atoms with E-state index in [-0.39, 0.29) is 23.1 Å². The maximum Gasteiger partial charge on any atom is 0.492 e. The number of sulfonamides is 1. The van der Waals surface area contributed by atoms with Crippen LogP contribution in [0.3, 0.4) is 0 Å². The van der Waals surface area contributed by atoms with Crippen LogP contribution in [0, 0.1) is 0 Å². The first-order chi connectivity index (χ1) is 19.8. The van der Waals surface area contributed by atoms with Gasteiger partial charge in [0.2, 0.25) is 5.91 Å². The first kappa shape index (κ1) is 29.5. The van der Waals surface area contributed by atoms with Crippen LogP contribution < -0.4 is 4.72 Å². The van der Waals surface area contributed by atoms with Gasteiger partial charge in [0.25, 0.3) is 10.0 Å². The number of H-pyrrole nitrogens is 1. The van der Waals surface area contributed by atoms with Crippen molar-refractivity contribution in [1.29, 1.82) is 0 Å². The van der Waals surface area contributed by atoms with E-state index in [9.17, 15) is 40.3 Å². The molecule has 2 heterocycles. The summed E-state index contributed by atoms with van der Waals surface area (Å²) in [6, 6.07) is 17.4. The van der Waals surface area contributed by atoms with Gasteiger partial charge in [-0.05, 0) is 46.3 Å². The molecule has 16 heteroatoms. The molecule has 1 fully saturated rings. The van der Waals surface area contributed by atoms with Crippen molar-refractivity contribution in [2.45, 2.75) is 35.2 Å². The maximum absolute atomic E-state index is 13.7. The van der Waals surface area contributed by atoms with E-state index in [0.717, 1.165) is 12.1 Å². The van der Waals surface area contributed by atoms with E-state index >= 15 is 0 Å². The topological polar surface area (TPSA) is 162 Å². The van der Waals surface area contributed by atoms with Gasteiger partial charge in [0.05, 0.1) is 22.3 Å². The van der Waals surface area contributed by atoms with Crippen LogP contribution in [-0.4, -0.2) is 50.0 Å². The minimum Gasteiger partial charge on any atom is -0.344 e. The molecule has 1 aromatic heterocycles. The highest BCUT2D eigenvalue weighted by Gasteiger charge is 2.47. The molecule has 4 aromatic rings. The molecule has 2 atom stereocenters. The third-order valence-electron chi connectivity index (χ3n) is 6.47. The number of carbonyl (C=O) groups is 2. The van der Waals surface area contributed by atoms with Crippen molar-refractivity contribution in [3.63, 3.8) is 0 Å². The number of para-hydroxylation sites is 2. The van der Waals surface area contributed by atoms with Gasteiger partial charge in [-0.2, -0.15) is 13.2 Å². The lowest BCUT2D eigenvalue weighted by atomic mass is 10.0. The van der Waals surface area contributed by atoms with Crippen LogP contribution in [0.5, 0.6) is 0 Å². The molecule has 0 aliphatic carbocycles. The summed E-state index contributed by atoms with van der Waals surface area (Å²) in [5.74, 6) is -3.39. The normalized spacial score (nSPS) is 18.5. The van der Waals surface area contributed by atoms with Crippen LogP contribution in [0.25, 0.3) is 11.0 Å². The van der Waals surface area contributed by atoms with Gasteiger partial charge < -0.3 is 9.82 Å². The average Bonchev–Trinajstić information content (AvgIpc) is 3.49. The number of benzene rings is 3. The lowest BCUT2D eigenvalue weighted by Crippen LogP contribution is -2.42. The summed E-state index contributed by atoms with van der Waals surface area (Å²) in [6.07, 6.45) is -6.00. The van der Waals surface area contributed by atoms with Gasteiger partial charge in [0.1, 0.15) is 17.1 Å². The van der Waals surface area contributed by atoms with Crippen molar-refractivity contribution in [2.75, 3.05) is 0 Å². The molecule has 1 saturated heterocycles. The van der Waals surface area contributed by atoms with E-state index in [1.807, 2.05) is 0 Å². The number of alkyl halides is 3. The number of nitrogens with one attached hydrogen (secondary N) is 2. The number of aromatic nitrogens is 2. The van der Waals surface area contributed by atoms with Crippen LogP contribution >= 0.6 is 10.8 Å². The number of hydroxylamine groups is 1. The zero-order chi connectivity index (χ0) is 30.3. The van der Waals surface area contributed by atoms with Crippen LogP contribution in [0.4, 0.5) is 13.2 Å². The predicted molar refractivity (Wildman–Crippen MR) is 145 cm³/mol. The summed E-state index contributed by atoms with van der Waals surface area (Å²) in [6.45, 7) is 0. The molecule has 11 nitrogen and oxygen atoms in total. The molecule has 0 bridgehead atoms. The zero-order valence-electron chi connectivity index (χ0n) is 21.4. The minimum absolute atomic E-state index is 0.0000417. The largest absolute Gasteiger partial charge is 0.492 e. The number of fused-ring (bicyclic) bond motifs is 1. The first-order valence-corrected chi connectivity index (χ1v) is 15.3. The van der Waals surface area contributed by atoms with Crippen LogP contribution in [0.2, 0.25) is 0 Å². The van der Waals surface area contributed by atoms with E-state index < -0.39 is 55.0 Å². The number of amides is 1. The standard InChI is InChI=1S/C26H23F3N4O7S2/c27-26(28,29)25(35)40-33(42(38,39)18-6-2-1-3-7-18)21(24-30-19-8-4-5-9-20(19)31-24)14-16-10-12-17(13-11-16)22-15-23(34)32-41(22,36)37/h1-13,21-22,36-37H,14-15H2,(H,30,31)(H,32,34)/t21-,22?/m0/s1. The second kappa shape index (κ2) is 11.0. The second-order valence-corrected chi connectivity index (χ2v) is 13.1. The molecule has 4 N–H and O–H groups in total. The number of carbonyl (C=O) groups excluding carboxylic acids is 2. The molecule has 1 unspecified atom stereocenters. The third kappa shape index (κ3) is 5.98. The SMILES string of the molecule is O=C1CC(c2ccc(C[C@@H](c3nc4ccccc4[nH]3)N(OC(=O)C(F)(F)F)S(=O)(=O)c3ccccc3)cc2)S(O)(O)N1. The third-order valence-corrected chi connectivity index (χ3v) is 9.90. The van der Waals surface area contributed by atoms with Crippen molar-refractivity contribution in [3.8, 4) is 0 Å². The highest BCUT2D eigenvalue weighted by atomic mass is 32.3. The van der Waals surface area contributed by atoms with Crippen LogP contribution in [0.15, 0.2) is 83.8 Å². The second-order valence-electron chi connectivity index (χ2n) is 9.36. The van der Waals surface area contributed by atoms with Crippen molar-refractivity contribution in [1.82, 2.24) is 19.2 Å². The average molecular weight is 625 g/mol. The Kier molecular flexibility index (Phi) is 7.76. The van der Waals surface area contributed by atoms with E-state index in [4.69, 9.17) is 0 Å². The first-order valence-electron chi connectivity index (χ1n) is 12.3. The molecule has 222 valence electrons. The number of hydrogen-bond donors (Lipinski definition) is 4. The number of imidazole rings is 1. The summed E-state index contributed by atoms with van der Waals surface area (Å²) in [7, 11) is -8.32. The Morgan fingerprint density at radius 1 is 1.05 bits per heavy atom. The predicted octanol–water partition coefficient (Wildman–Crippen LogP) is 4.78. The number of nitrogens with zero attached hydrogens (tertiary/aromatic N) is 2. The molecule has 3 aromatic carbocycles. The highest BCUT2D eigenvalue weighted by Crippen LogP contribution is 2.56. The van der Waals surface area contributed by atoms with E-state index in [0.29, 0.717) is 22.2 Å². The Morgan fingerprint density at radius 3 is 2.29 bits per heavy atom. The monoisotopic (exact) mass is 624 g/mol.